The zero-order valence-corrected chi connectivity index (χ0v) is 14.0. The summed E-state index contributed by atoms with van der Waals surface area (Å²) in [6, 6.07) is 12.3. The van der Waals surface area contributed by atoms with Crippen LogP contribution in [0.15, 0.2) is 48.8 Å². The monoisotopic (exact) mass is 319 g/mol. The average Bonchev–Trinajstić information content (AvgIpc) is 2.54. The molecule has 1 aromatic carbocycles. The smallest absolute Gasteiger partial charge is 0.222 e. The van der Waals surface area contributed by atoms with Crippen LogP contribution in [0.1, 0.15) is 16.7 Å². The number of nitrogens with zero attached hydrogens (tertiary/aromatic N) is 3. The van der Waals surface area contributed by atoms with Gasteiger partial charge in [-0.05, 0) is 50.1 Å². The Morgan fingerprint density at radius 2 is 1.67 bits per heavy atom. The third-order valence-electron chi connectivity index (χ3n) is 3.73. The van der Waals surface area contributed by atoms with Crippen LogP contribution < -0.4 is 11.1 Å². The molecule has 0 unspecified atom stereocenters. The number of anilines is 2. The van der Waals surface area contributed by atoms with Crippen molar-refractivity contribution in [3.05, 3.63) is 65.5 Å². The zero-order chi connectivity index (χ0) is 16.9. The van der Waals surface area contributed by atoms with E-state index in [1.165, 1.54) is 16.7 Å². The van der Waals surface area contributed by atoms with E-state index in [0.29, 0.717) is 0 Å². The lowest BCUT2D eigenvalue weighted by Gasteiger charge is -2.10. The predicted molar refractivity (Wildman–Crippen MR) is 97.8 cm³/mol. The minimum atomic E-state index is 0.276. The maximum absolute atomic E-state index is 5.89. The number of aromatic nitrogens is 3. The minimum absolute atomic E-state index is 0.276. The van der Waals surface area contributed by atoms with Gasteiger partial charge in [-0.3, -0.25) is 4.98 Å². The zero-order valence-electron chi connectivity index (χ0n) is 14.0. The third kappa shape index (κ3) is 4.07. The number of nitrogens with one attached hydrogen (secondary N) is 1. The number of aryl methyl sites for hydroxylation is 2. The first kappa shape index (κ1) is 15.9. The molecule has 122 valence electrons. The first-order valence-electron chi connectivity index (χ1n) is 7.96. The van der Waals surface area contributed by atoms with Crippen molar-refractivity contribution < 1.29 is 0 Å². The van der Waals surface area contributed by atoms with Crippen LogP contribution in [0, 0.1) is 13.8 Å². The van der Waals surface area contributed by atoms with E-state index in [-0.39, 0.29) is 5.95 Å². The molecule has 0 saturated heterocycles. The molecule has 0 atom stereocenters. The number of hydrogen-bond donors (Lipinski definition) is 2. The van der Waals surface area contributed by atoms with Crippen molar-refractivity contribution in [3.8, 4) is 11.3 Å². The number of nitrogens with two attached hydrogens (primary N) is 1. The summed E-state index contributed by atoms with van der Waals surface area (Å²) < 4.78 is 0. The second-order valence-corrected chi connectivity index (χ2v) is 5.91. The standard InChI is InChI=1S/C19H21N5/c1-13-9-14(2)11-16(10-13)17-12-18(24-19(20)23-17)22-8-5-15-3-6-21-7-4-15/h3-4,6-7,9-12H,5,8H2,1-2H3,(H3,20,22,23,24). The number of hydrogen-bond acceptors (Lipinski definition) is 5. The summed E-state index contributed by atoms with van der Waals surface area (Å²) in [7, 11) is 0. The van der Waals surface area contributed by atoms with E-state index >= 15 is 0 Å². The molecular weight excluding hydrogens is 298 g/mol. The van der Waals surface area contributed by atoms with E-state index in [1.807, 2.05) is 18.2 Å². The Morgan fingerprint density at radius 3 is 2.38 bits per heavy atom. The molecular formula is C19H21N5. The van der Waals surface area contributed by atoms with Crippen molar-refractivity contribution in [2.45, 2.75) is 20.3 Å². The molecule has 0 saturated carbocycles. The summed E-state index contributed by atoms with van der Waals surface area (Å²) >= 11 is 0. The van der Waals surface area contributed by atoms with Crippen LogP contribution in [0.25, 0.3) is 11.3 Å². The molecule has 0 aliphatic rings. The van der Waals surface area contributed by atoms with Gasteiger partial charge in [0.1, 0.15) is 5.82 Å². The van der Waals surface area contributed by atoms with Gasteiger partial charge in [-0.2, -0.15) is 4.98 Å². The largest absolute Gasteiger partial charge is 0.370 e. The quantitative estimate of drug-likeness (QED) is 0.754. The Morgan fingerprint density at radius 1 is 0.958 bits per heavy atom. The van der Waals surface area contributed by atoms with E-state index in [9.17, 15) is 0 Å². The van der Waals surface area contributed by atoms with Gasteiger partial charge in [0, 0.05) is 30.6 Å². The van der Waals surface area contributed by atoms with Crippen LogP contribution in [-0.2, 0) is 6.42 Å². The molecule has 0 bridgehead atoms. The molecule has 24 heavy (non-hydrogen) atoms. The number of benzene rings is 1. The molecule has 2 aromatic heterocycles. The topological polar surface area (TPSA) is 76.7 Å². The van der Waals surface area contributed by atoms with Crippen LogP contribution in [-0.4, -0.2) is 21.5 Å². The summed E-state index contributed by atoms with van der Waals surface area (Å²) in [4.78, 5) is 12.7. The van der Waals surface area contributed by atoms with Crippen LogP contribution in [0.2, 0.25) is 0 Å². The summed E-state index contributed by atoms with van der Waals surface area (Å²) in [5, 5.41) is 3.32. The molecule has 0 spiro atoms. The number of pyridine rings is 1. The van der Waals surface area contributed by atoms with E-state index < -0.39 is 0 Å². The second kappa shape index (κ2) is 7.08. The Hall–Kier alpha value is -2.95. The highest BCUT2D eigenvalue weighted by Crippen LogP contribution is 2.23. The van der Waals surface area contributed by atoms with Gasteiger partial charge in [0.25, 0.3) is 0 Å². The maximum atomic E-state index is 5.89. The van der Waals surface area contributed by atoms with E-state index in [4.69, 9.17) is 5.73 Å². The average molecular weight is 319 g/mol. The summed E-state index contributed by atoms with van der Waals surface area (Å²) in [5.41, 5.74) is 11.4. The predicted octanol–water partition coefficient (Wildman–Crippen LogP) is 3.39. The van der Waals surface area contributed by atoms with Crippen molar-refractivity contribution in [3.63, 3.8) is 0 Å². The van der Waals surface area contributed by atoms with Gasteiger partial charge in [0.15, 0.2) is 0 Å². The Bertz CT molecular complexity index is 810. The van der Waals surface area contributed by atoms with Crippen molar-refractivity contribution in [1.82, 2.24) is 15.0 Å². The summed E-state index contributed by atoms with van der Waals surface area (Å²) in [5.74, 6) is 1.02. The fourth-order valence-electron chi connectivity index (χ4n) is 2.71. The highest BCUT2D eigenvalue weighted by molar-refractivity contribution is 5.65. The molecule has 3 N–H and O–H groups in total. The van der Waals surface area contributed by atoms with Crippen molar-refractivity contribution in [2.24, 2.45) is 0 Å². The van der Waals surface area contributed by atoms with Crippen LogP contribution in [0.5, 0.6) is 0 Å². The van der Waals surface area contributed by atoms with E-state index in [0.717, 1.165) is 30.0 Å². The van der Waals surface area contributed by atoms with E-state index in [2.05, 4.69) is 52.3 Å². The SMILES string of the molecule is Cc1cc(C)cc(-c2cc(NCCc3ccncc3)nc(N)n2)c1. The van der Waals surface area contributed by atoms with Gasteiger partial charge < -0.3 is 11.1 Å². The van der Waals surface area contributed by atoms with Crippen LogP contribution in [0.4, 0.5) is 11.8 Å². The molecule has 0 fully saturated rings. The fraction of sp³-hybridized carbons (Fsp3) is 0.211. The minimum Gasteiger partial charge on any atom is -0.370 e. The Kier molecular flexibility index (Phi) is 4.70. The third-order valence-corrected chi connectivity index (χ3v) is 3.73. The first-order valence-corrected chi connectivity index (χ1v) is 7.96. The number of nitrogen functional groups attached to an aromatic ring is 1. The molecule has 0 aliphatic carbocycles. The molecule has 0 radical (unpaired) electrons. The molecule has 5 heteroatoms. The highest BCUT2D eigenvalue weighted by Gasteiger charge is 2.06. The molecule has 3 aromatic rings. The summed E-state index contributed by atoms with van der Waals surface area (Å²) in [6.45, 7) is 4.93. The van der Waals surface area contributed by atoms with Gasteiger partial charge in [-0.1, -0.05) is 17.2 Å². The normalized spacial score (nSPS) is 10.6. The van der Waals surface area contributed by atoms with Crippen molar-refractivity contribution in [1.29, 1.82) is 0 Å². The van der Waals surface area contributed by atoms with Gasteiger partial charge in [0.2, 0.25) is 5.95 Å². The lowest BCUT2D eigenvalue weighted by molar-refractivity contribution is 0.996. The van der Waals surface area contributed by atoms with Gasteiger partial charge in [0.05, 0.1) is 5.69 Å². The van der Waals surface area contributed by atoms with Crippen LogP contribution >= 0.6 is 0 Å². The Labute approximate surface area is 142 Å². The number of rotatable bonds is 5. The second-order valence-electron chi connectivity index (χ2n) is 5.91. The molecule has 0 amide bonds. The van der Waals surface area contributed by atoms with Gasteiger partial charge >= 0.3 is 0 Å². The first-order chi connectivity index (χ1) is 11.6. The lowest BCUT2D eigenvalue weighted by atomic mass is 10.0. The van der Waals surface area contributed by atoms with Crippen molar-refractivity contribution >= 4 is 11.8 Å². The molecule has 5 nitrogen and oxygen atoms in total. The van der Waals surface area contributed by atoms with Gasteiger partial charge in [-0.15, -0.1) is 0 Å². The van der Waals surface area contributed by atoms with Crippen LogP contribution in [0.3, 0.4) is 0 Å². The molecule has 2 heterocycles. The van der Waals surface area contributed by atoms with Crippen molar-refractivity contribution in [2.75, 3.05) is 17.6 Å². The lowest BCUT2D eigenvalue weighted by Crippen LogP contribution is -2.08. The molecule has 0 aliphatic heterocycles. The Balaban J connectivity index is 1.76. The molecule has 3 rings (SSSR count). The summed E-state index contributed by atoms with van der Waals surface area (Å²) in [6.07, 6.45) is 4.50. The van der Waals surface area contributed by atoms with Gasteiger partial charge in [-0.25, -0.2) is 4.98 Å². The maximum Gasteiger partial charge on any atom is 0.222 e. The highest BCUT2D eigenvalue weighted by atomic mass is 15.1. The fourth-order valence-corrected chi connectivity index (χ4v) is 2.71. The van der Waals surface area contributed by atoms with E-state index in [1.54, 1.807) is 12.4 Å².